The van der Waals surface area contributed by atoms with Crippen LogP contribution in [0.3, 0.4) is 0 Å². The summed E-state index contributed by atoms with van der Waals surface area (Å²) in [5, 5.41) is 0. The maximum Gasteiger partial charge on any atom is 0.416 e. The molecule has 0 radical (unpaired) electrons. The Hall–Kier alpha value is -1.51. The van der Waals surface area contributed by atoms with Crippen LogP contribution in [0.4, 0.5) is 13.2 Å². The Labute approximate surface area is 93.1 Å². The molecule has 1 rings (SSSR count). The van der Waals surface area contributed by atoms with Crippen LogP contribution < -0.4 is 0 Å². The summed E-state index contributed by atoms with van der Waals surface area (Å²) >= 11 is 0. The van der Waals surface area contributed by atoms with Gasteiger partial charge < -0.3 is 0 Å². The quantitative estimate of drug-likeness (QED) is 0.646. The third-order valence-electron chi connectivity index (χ3n) is 1.97. The lowest BCUT2D eigenvalue weighted by molar-refractivity contribution is -0.0689. The molecule has 0 aromatic heterocycles. The average Bonchev–Trinajstić information content (AvgIpc) is 2.17. The lowest BCUT2D eigenvalue weighted by Crippen LogP contribution is -2.10. The highest BCUT2D eigenvalue weighted by Gasteiger charge is 2.33. The number of allylic oxidation sites excluding steroid dienone is 4. The Morgan fingerprint density at radius 3 is 2.00 bits per heavy atom. The van der Waals surface area contributed by atoms with Gasteiger partial charge in [-0.15, -0.1) is 0 Å². The van der Waals surface area contributed by atoms with Crippen LogP contribution in [0.2, 0.25) is 0 Å². The summed E-state index contributed by atoms with van der Waals surface area (Å²) in [6.07, 6.45) is -1.74. The monoisotopic (exact) mass is 226 g/mol. The summed E-state index contributed by atoms with van der Waals surface area (Å²) in [4.78, 5) is 0. The predicted molar refractivity (Wildman–Crippen MR) is 59.9 cm³/mol. The third kappa shape index (κ3) is 3.57. The molecule has 86 valence electrons. The first-order valence-electron chi connectivity index (χ1n) is 4.89. The van der Waals surface area contributed by atoms with E-state index in [4.69, 9.17) is 0 Å². The fraction of sp³-hybridized carbons (Fsp3) is 0.231. The fourth-order valence-corrected chi connectivity index (χ4v) is 1.22. The van der Waals surface area contributed by atoms with Gasteiger partial charge in [-0.1, -0.05) is 42.0 Å². The second kappa shape index (κ2) is 5.01. The molecule has 0 aliphatic rings. The van der Waals surface area contributed by atoms with E-state index in [-0.39, 0.29) is 5.56 Å². The van der Waals surface area contributed by atoms with Crippen molar-refractivity contribution in [3.05, 3.63) is 53.6 Å². The Balaban J connectivity index is 3.18. The van der Waals surface area contributed by atoms with E-state index in [0.29, 0.717) is 0 Å². The lowest BCUT2D eigenvalue weighted by atomic mass is 10.0. The number of alkyl halides is 3. The number of rotatable bonds is 2. The number of hydrogen-bond acceptors (Lipinski definition) is 0. The lowest BCUT2D eigenvalue weighted by Gasteiger charge is -2.11. The Morgan fingerprint density at radius 1 is 1.00 bits per heavy atom. The van der Waals surface area contributed by atoms with Crippen molar-refractivity contribution >= 4 is 5.57 Å². The van der Waals surface area contributed by atoms with Gasteiger partial charge in [0.15, 0.2) is 0 Å². The van der Waals surface area contributed by atoms with Crippen LogP contribution in [-0.4, -0.2) is 6.18 Å². The number of benzene rings is 1. The third-order valence-corrected chi connectivity index (χ3v) is 1.97. The summed E-state index contributed by atoms with van der Waals surface area (Å²) in [5.41, 5.74) is 0.402. The van der Waals surface area contributed by atoms with E-state index in [2.05, 4.69) is 0 Å². The highest BCUT2D eigenvalue weighted by Crippen LogP contribution is 2.33. The van der Waals surface area contributed by atoms with Crippen molar-refractivity contribution in [1.29, 1.82) is 0 Å². The Morgan fingerprint density at radius 2 is 1.56 bits per heavy atom. The molecule has 0 heterocycles. The molecule has 0 saturated carbocycles. The summed E-state index contributed by atoms with van der Waals surface area (Å²) in [6, 6.07) is 7.80. The smallest absolute Gasteiger partial charge is 0.166 e. The molecule has 0 aliphatic heterocycles. The molecule has 0 fully saturated rings. The zero-order chi connectivity index (χ0) is 12.2. The molecule has 0 N–H and O–H groups in total. The van der Waals surface area contributed by atoms with E-state index in [9.17, 15) is 13.2 Å². The van der Waals surface area contributed by atoms with Crippen molar-refractivity contribution in [1.82, 2.24) is 0 Å². The molecule has 0 unspecified atom stereocenters. The standard InChI is InChI=1S/C13H13F3/c1-10(2)8-9-12(13(14,15)16)11-6-4-3-5-7-11/h3-9H,1-2H3. The molecule has 3 heteroatoms. The van der Waals surface area contributed by atoms with Crippen LogP contribution >= 0.6 is 0 Å². The summed E-state index contributed by atoms with van der Waals surface area (Å²) < 4.78 is 38.3. The maximum atomic E-state index is 12.8. The van der Waals surface area contributed by atoms with Crippen molar-refractivity contribution in [2.24, 2.45) is 0 Å². The minimum Gasteiger partial charge on any atom is -0.166 e. The minimum atomic E-state index is -4.33. The summed E-state index contributed by atoms with van der Waals surface area (Å²) in [7, 11) is 0. The van der Waals surface area contributed by atoms with E-state index in [1.54, 1.807) is 32.0 Å². The Bertz CT molecular complexity index is 393. The molecule has 0 bridgehead atoms. The van der Waals surface area contributed by atoms with E-state index in [1.807, 2.05) is 0 Å². The molecule has 0 aliphatic carbocycles. The largest absolute Gasteiger partial charge is 0.416 e. The summed E-state index contributed by atoms with van der Waals surface area (Å²) in [5.74, 6) is 0. The van der Waals surface area contributed by atoms with Crippen LogP contribution in [0, 0.1) is 0 Å². The average molecular weight is 226 g/mol. The first-order chi connectivity index (χ1) is 7.41. The predicted octanol–water partition coefficient (Wildman–Crippen LogP) is 4.60. The fourth-order valence-electron chi connectivity index (χ4n) is 1.22. The highest BCUT2D eigenvalue weighted by atomic mass is 19.4. The van der Waals surface area contributed by atoms with Crippen molar-refractivity contribution in [2.75, 3.05) is 0 Å². The van der Waals surface area contributed by atoms with Gasteiger partial charge in [-0.2, -0.15) is 13.2 Å². The second-order valence-electron chi connectivity index (χ2n) is 3.69. The van der Waals surface area contributed by atoms with Gasteiger partial charge in [0, 0.05) is 0 Å². The van der Waals surface area contributed by atoms with Gasteiger partial charge in [0.1, 0.15) is 0 Å². The van der Waals surface area contributed by atoms with Crippen LogP contribution in [0.1, 0.15) is 19.4 Å². The van der Waals surface area contributed by atoms with E-state index >= 15 is 0 Å². The topological polar surface area (TPSA) is 0 Å². The van der Waals surface area contributed by atoms with E-state index < -0.39 is 11.7 Å². The van der Waals surface area contributed by atoms with Crippen LogP contribution in [-0.2, 0) is 0 Å². The SMILES string of the molecule is CC(C)=CC=C(c1ccccc1)C(F)(F)F. The zero-order valence-electron chi connectivity index (χ0n) is 9.18. The first kappa shape index (κ1) is 12.6. The zero-order valence-corrected chi connectivity index (χ0v) is 9.18. The van der Waals surface area contributed by atoms with Gasteiger partial charge in [0.2, 0.25) is 0 Å². The van der Waals surface area contributed by atoms with Gasteiger partial charge in [-0.25, -0.2) is 0 Å². The van der Waals surface area contributed by atoms with Crippen LogP contribution in [0.25, 0.3) is 5.57 Å². The van der Waals surface area contributed by atoms with Crippen molar-refractivity contribution < 1.29 is 13.2 Å². The first-order valence-corrected chi connectivity index (χ1v) is 4.89. The molecule has 0 atom stereocenters. The minimum absolute atomic E-state index is 0.188. The maximum absolute atomic E-state index is 12.8. The number of hydrogen-bond donors (Lipinski definition) is 0. The molecule has 0 amide bonds. The van der Waals surface area contributed by atoms with Gasteiger partial charge in [0.05, 0.1) is 5.57 Å². The molecular weight excluding hydrogens is 213 g/mol. The molecule has 0 saturated heterocycles. The van der Waals surface area contributed by atoms with Crippen LogP contribution in [0.5, 0.6) is 0 Å². The van der Waals surface area contributed by atoms with Gasteiger partial charge in [-0.3, -0.25) is 0 Å². The van der Waals surface area contributed by atoms with Gasteiger partial charge in [-0.05, 0) is 25.5 Å². The van der Waals surface area contributed by atoms with E-state index in [1.165, 1.54) is 18.2 Å². The van der Waals surface area contributed by atoms with Crippen molar-refractivity contribution in [3.63, 3.8) is 0 Å². The van der Waals surface area contributed by atoms with Crippen LogP contribution in [0.15, 0.2) is 48.1 Å². The van der Waals surface area contributed by atoms with Gasteiger partial charge in [0.25, 0.3) is 0 Å². The normalized spacial score (nSPS) is 12.4. The van der Waals surface area contributed by atoms with Gasteiger partial charge >= 0.3 is 6.18 Å². The molecule has 1 aromatic rings. The van der Waals surface area contributed by atoms with Crippen molar-refractivity contribution in [3.8, 4) is 0 Å². The molecule has 16 heavy (non-hydrogen) atoms. The molecule has 0 spiro atoms. The van der Waals surface area contributed by atoms with Crippen molar-refractivity contribution in [2.45, 2.75) is 20.0 Å². The highest BCUT2D eigenvalue weighted by molar-refractivity contribution is 5.70. The molecule has 0 nitrogen and oxygen atoms in total. The molecular formula is C13H13F3. The molecule has 1 aromatic carbocycles. The second-order valence-corrected chi connectivity index (χ2v) is 3.69. The van der Waals surface area contributed by atoms with E-state index in [0.717, 1.165) is 11.6 Å². The summed E-state index contributed by atoms with van der Waals surface area (Å²) in [6.45, 7) is 3.52. The Kier molecular flexibility index (Phi) is 3.93. The number of halogens is 3.